The van der Waals surface area contributed by atoms with Gasteiger partial charge in [-0.25, -0.2) is 14.4 Å². The highest BCUT2D eigenvalue weighted by atomic mass is 33.1. The Bertz CT molecular complexity index is 2710. The zero-order chi connectivity index (χ0) is 62.2. The van der Waals surface area contributed by atoms with Crippen LogP contribution in [0.15, 0.2) is 48.5 Å². The van der Waals surface area contributed by atoms with E-state index in [1.807, 2.05) is 20.8 Å². The quantitative estimate of drug-likeness (QED) is 0.128. The van der Waals surface area contributed by atoms with E-state index in [-0.39, 0.29) is 78.3 Å². The fourth-order valence-corrected chi connectivity index (χ4v) is 16.4. The van der Waals surface area contributed by atoms with E-state index in [9.17, 15) is 68.4 Å². The van der Waals surface area contributed by atoms with Gasteiger partial charge < -0.3 is 67.3 Å². The molecule has 4 saturated heterocycles. The second-order valence-electron chi connectivity index (χ2n) is 23.4. The summed E-state index contributed by atoms with van der Waals surface area (Å²) in [5, 5.41) is 52.1. The number of ether oxygens (including phenoxy) is 1. The molecule has 11 N–H and O–H groups in total. The van der Waals surface area contributed by atoms with E-state index in [1.54, 1.807) is 36.4 Å². The number of hydrogen-bond acceptors (Lipinski definition) is 18. The Morgan fingerprint density at radius 1 is 0.605 bits per heavy atom. The van der Waals surface area contributed by atoms with E-state index >= 15 is 0 Å². The lowest BCUT2D eigenvalue weighted by Crippen LogP contribution is -2.55. The van der Waals surface area contributed by atoms with Crippen LogP contribution in [0.4, 0.5) is 0 Å². The molecular formula is C59H86N8O15S4. The smallest absolute Gasteiger partial charge is 0.330 e. The summed E-state index contributed by atoms with van der Waals surface area (Å²) in [6.45, 7) is 9.69. The first-order valence-electron chi connectivity index (χ1n) is 28.8. The molecule has 0 aromatic heterocycles. The number of rotatable bonds is 7. The zero-order valence-electron chi connectivity index (χ0n) is 48.8. The molecule has 2 spiro atoms. The molecule has 27 heteroatoms. The van der Waals surface area contributed by atoms with Crippen molar-refractivity contribution in [3.8, 4) is 11.5 Å². The lowest BCUT2D eigenvalue weighted by atomic mass is 9.81. The first-order valence-corrected chi connectivity index (χ1v) is 33.8. The number of aromatic hydroxyl groups is 2. The molecule has 7 amide bonds. The molecule has 86 heavy (non-hydrogen) atoms. The molecule has 4 heterocycles. The first-order chi connectivity index (χ1) is 40.2. The van der Waals surface area contributed by atoms with Crippen LogP contribution < -0.4 is 32.3 Å². The third-order valence-corrected chi connectivity index (χ3v) is 21.2. The third kappa shape index (κ3) is 19.3. The summed E-state index contributed by atoms with van der Waals surface area (Å²) in [6.07, 6.45) is 8.58. The number of likely N-dealkylation sites (tertiary alicyclic amines) is 2. The van der Waals surface area contributed by atoms with Crippen molar-refractivity contribution in [1.29, 1.82) is 0 Å². The van der Waals surface area contributed by atoms with Crippen LogP contribution in [0.3, 0.4) is 0 Å². The molecule has 8 unspecified atom stereocenters. The van der Waals surface area contributed by atoms with Crippen molar-refractivity contribution in [2.24, 2.45) is 16.6 Å². The lowest BCUT2D eigenvalue weighted by Gasteiger charge is -2.31. The van der Waals surface area contributed by atoms with Gasteiger partial charge in [-0.2, -0.15) is 0 Å². The zero-order valence-corrected chi connectivity index (χ0v) is 52.0. The minimum Gasteiger partial charge on any atom is -0.508 e. The van der Waals surface area contributed by atoms with Crippen molar-refractivity contribution >= 4 is 102 Å². The third-order valence-electron chi connectivity index (χ3n) is 16.3. The van der Waals surface area contributed by atoms with Gasteiger partial charge in [0.05, 0.1) is 16.9 Å². The lowest BCUT2D eigenvalue weighted by molar-refractivity contribution is -0.158. The Balaban J connectivity index is 0.000000253. The van der Waals surface area contributed by atoms with Crippen molar-refractivity contribution < 1.29 is 73.1 Å². The number of nitrogens with zero attached hydrogens (tertiary/aromatic N) is 2. The van der Waals surface area contributed by atoms with Crippen LogP contribution in [0, 0.1) is 10.8 Å². The number of esters is 1. The molecule has 0 radical (unpaired) electrons. The molecule has 4 aliphatic heterocycles. The number of aliphatic carboxylic acids is 2. The van der Waals surface area contributed by atoms with Gasteiger partial charge in [-0.05, 0) is 108 Å². The van der Waals surface area contributed by atoms with Crippen molar-refractivity contribution in [2.75, 3.05) is 49.2 Å². The van der Waals surface area contributed by atoms with E-state index in [1.165, 1.54) is 79.0 Å². The number of amides is 7. The monoisotopic (exact) mass is 1270 g/mol. The molecule has 476 valence electrons. The summed E-state index contributed by atoms with van der Waals surface area (Å²) in [5.41, 5.74) is 5.69. The predicted octanol–water partition coefficient (Wildman–Crippen LogP) is 5.03. The highest BCUT2D eigenvalue weighted by molar-refractivity contribution is 8.77. The van der Waals surface area contributed by atoms with Gasteiger partial charge in [-0.1, -0.05) is 101 Å². The number of carbonyl (C=O) groups is 10. The molecule has 0 bridgehead atoms. The van der Waals surface area contributed by atoms with E-state index in [0.717, 1.165) is 49.7 Å². The minimum absolute atomic E-state index is 0. The normalized spacial score (nSPS) is 26.3. The average molecular weight is 1280 g/mol. The molecule has 23 nitrogen and oxygen atoms in total. The summed E-state index contributed by atoms with van der Waals surface area (Å²) in [7, 11) is 5.30. The van der Waals surface area contributed by atoms with E-state index in [2.05, 4.69) is 26.6 Å². The van der Waals surface area contributed by atoms with Crippen LogP contribution in [-0.2, 0) is 52.7 Å². The average Bonchev–Trinajstić information content (AvgIpc) is 3.67. The summed E-state index contributed by atoms with van der Waals surface area (Å²) in [5.74, 6) is -3.61. The SMILES string of the molecule is C.CC(=O)N1CCC(c2ccc(O)cc2)C1C(=O)NC1CSSCC(C(=O)O)NC(=O)C2(CCCC2)CCNC1=O.CC(=O)N1CCC(c2ccc(O)cc2)C1C(=O)O.CC(C)(C)OC(=O)C1CSSCC(N)C(=O)NCCC2(CCCC2)C(=O)N1. The second-order valence-corrected chi connectivity index (χ2v) is 28.5. The fraction of sp³-hybridized carbons (Fsp3) is 0.627. The van der Waals surface area contributed by atoms with Crippen molar-refractivity contribution in [2.45, 2.75) is 173 Å². The van der Waals surface area contributed by atoms with Gasteiger partial charge >= 0.3 is 17.9 Å². The molecule has 2 aromatic carbocycles. The maximum Gasteiger partial charge on any atom is 0.330 e. The van der Waals surface area contributed by atoms with Crippen molar-refractivity contribution in [1.82, 2.24) is 36.4 Å². The number of carbonyl (C=O) groups excluding carboxylic acids is 8. The first kappa shape index (κ1) is 70.9. The number of benzene rings is 2. The Hall–Kier alpha value is -5.90. The summed E-state index contributed by atoms with van der Waals surface area (Å²) in [6, 6.07) is 8.08. The van der Waals surface area contributed by atoms with Crippen LogP contribution in [0.2, 0.25) is 0 Å². The van der Waals surface area contributed by atoms with E-state index in [4.69, 9.17) is 10.5 Å². The van der Waals surface area contributed by atoms with Crippen molar-refractivity contribution in [3.05, 3.63) is 59.7 Å². The summed E-state index contributed by atoms with van der Waals surface area (Å²) < 4.78 is 5.50. The molecule has 6 fully saturated rings. The molecule has 8 atom stereocenters. The van der Waals surface area contributed by atoms with Crippen molar-refractivity contribution in [3.63, 3.8) is 0 Å². The van der Waals surface area contributed by atoms with Gasteiger partial charge in [0.25, 0.3) is 0 Å². The van der Waals surface area contributed by atoms with Gasteiger partial charge in [-0.15, -0.1) is 0 Å². The van der Waals surface area contributed by atoms with Gasteiger partial charge in [-0.3, -0.25) is 33.6 Å². The van der Waals surface area contributed by atoms with Gasteiger partial charge in [0.2, 0.25) is 41.4 Å². The fourth-order valence-electron chi connectivity index (χ4n) is 11.8. The number of carboxylic acid groups (broad SMARTS) is 2. The van der Waals surface area contributed by atoms with Crippen LogP contribution in [0.1, 0.15) is 142 Å². The topological polar surface area (TPSA) is 353 Å². The Morgan fingerprint density at radius 2 is 1.02 bits per heavy atom. The van der Waals surface area contributed by atoms with Gasteiger partial charge in [0, 0.05) is 74.9 Å². The molecule has 2 aliphatic carbocycles. The molecule has 6 aliphatic rings. The molecule has 2 saturated carbocycles. The Kier molecular flexibility index (Phi) is 26.7. The molecular weight excluding hydrogens is 1190 g/mol. The number of nitrogens with two attached hydrogens (primary N) is 1. The van der Waals surface area contributed by atoms with Crippen LogP contribution in [-0.4, -0.2) is 181 Å². The summed E-state index contributed by atoms with van der Waals surface area (Å²) >= 11 is 0. The second kappa shape index (κ2) is 32.4. The number of nitrogens with one attached hydrogen (secondary N) is 5. The predicted molar refractivity (Wildman–Crippen MR) is 332 cm³/mol. The standard InChI is InChI=1S/C27H36N4O7S2.C18H31N3O4S2.C13H15NO4.CH4/c1-16(32)31-13-8-19(17-4-6-18(33)7-5-17)22(31)24(35)29-20-14-39-40-15-21(25(36)37)30-26(38)27(9-2-3-10-27)11-12-28-23(20)34;1-17(2,3)25-15(23)13-11-27-26-10-12(19)14(22)20-9-8-18(16(24)21-13)6-4-5-7-18;1-8(15)14-7-6-11(12(14)13(17)18)9-2-4-10(16)5-3-9;/h4-7,19-22,33H,2-3,8-15H2,1H3,(H,28,34)(H,29,35)(H,30,38)(H,36,37);12-13H,4-11,19H2,1-3H3,(H,20,22)(H,21,24);2-5,11-12,16H,6-7H2,1H3,(H,17,18);1H4. The number of phenolic OH excluding ortho intramolecular Hbond substituents is 2. The largest absolute Gasteiger partial charge is 0.508 e. The van der Waals surface area contributed by atoms with E-state index in [0.29, 0.717) is 69.7 Å². The maximum atomic E-state index is 13.7. The van der Waals surface area contributed by atoms with E-state index < -0.39 is 82.4 Å². The number of hydrogen-bond donors (Lipinski definition) is 10. The van der Waals surface area contributed by atoms with Crippen LogP contribution in [0.25, 0.3) is 0 Å². The minimum atomic E-state index is -1.12. The molecule has 8 rings (SSSR count). The Labute approximate surface area is 518 Å². The molecule has 2 aromatic rings. The van der Waals surface area contributed by atoms with Gasteiger partial charge in [0.15, 0.2) is 0 Å². The van der Waals surface area contributed by atoms with Gasteiger partial charge in [0.1, 0.15) is 47.3 Å². The number of phenols is 2. The van der Waals surface area contributed by atoms with Crippen LogP contribution >= 0.6 is 43.2 Å². The highest BCUT2D eigenvalue weighted by Gasteiger charge is 2.46. The Morgan fingerprint density at radius 3 is 1.48 bits per heavy atom. The summed E-state index contributed by atoms with van der Waals surface area (Å²) in [4.78, 5) is 128. The number of carboxylic acids is 2. The maximum absolute atomic E-state index is 13.7. The highest BCUT2D eigenvalue weighted by Crippen LogP contribution is 2.43. The van der Waals surface area contributed by atoms with Crippen LogP contribution in [0.5, 0.6) is 11.5 Å².